The molecule has 5 nitrogen and oxygen atoms in total. The third-order valence-corrected chi connectivity index (χ3v) is 3.07. The Balaban J connectivity index is 2.16. The van der Waals surface area contributed by atoms with Crippen LogP contribution < -0.4 is 5.32 Å². The summed E-state index contributed by atoms with van der Waals surface area (Å²) in [6.45, 7) is 7.33. The van der Waals surface area contributed by atoms with Gasteiger partial charge in [0.1, 0.15) is 6.10 Å². The van der Waals surface area contributed by atoms with E-state index in [2.05, 4.69) is 36.2 Å². The van der Waals surface area contributed by atoms with Gasteiger partial charge < -0.3 is 14.6 Å². The van der Waals surface area contributed by atoms with Crippen LogP contribution in [0, 0.1) is 5.41 Å². The highest BCUT2D eigenvalue weighted by atomic mass is 16.5. The van der Waals surface area contributed by atoms with Gasteiger partial charge in [0, 0.05) is 7.11 Å². The lowest BCUT2D eigenvalue weighted by Gasteiger charge is -2.26. The largest absolute Gasteiger partial charge is 0.373 e. The van der Waals surface area contributed by atoms with Gasteiger partial charge in [0.2, 0.25) is 11.7 Å². The lowest BCUT2D eigenvalue weighted by molar-refractivity contribution is 0.00718. The van der Waals surface area contributed by atoms with Gasteiger partial charge in [0.05, 0.1) is 6.04 Å². The van der Waals surface area contributed by atoms with Crippen molar-refractivity contribution in [1.82, 2.24) is 15.5 Å². The molecule has 1 aliphatic rings. The maximum absolute atomic E-state index is 5.47. The smallest absolute Gasteiger partial charge is 0.243 e. The fourth-order valence-corrected chi connectivity index (χ4v) is 2.24. The van der Waals surface area contributed by atoms with Crippen molar-refractivity contribution < 1.29 is 9.26 Å². The summed E-state index contributed by atoms with van der Waals surface area (Å²) in [4.78, 5) is 4.46. The van der Waals surface area contributed by atoms with Gasteiger partial charge in [0.25, 0.3) is 0 Å². The van der Waals surface area contributed by atoms with Crippen LogP contribution in [0.3, 0.4) is 0 Å². The van der Waals surface area contributed by atoms with Crippen molar-refractivity contribution in [2.24, 2.45) is 5.41 Å². The van der Waals surface area contributed by atoms with E-state index in [1.807, 2.05) is 0 Å². The Hall–Kier alpha value is -0.940. The second kappa shape index (κ2) is 4.74. The first-order valence-corrected chi connectivity index (χ1v) is 6.12. The molecular weight excluding hydrogens is 218 g/mol. The summed E-state index contributed by atoms with van der Waals surface area (Å²) in [5.41, 5.74) is -0.0427. The summed E-state index contributed by atoms with van der Waals surface area (Å²) in [6.07, 6.45) is 2.09. The van der Waals surface area contributed by atoms with E-state index in [0.717, 1.165) is 19.4 Å². The Bertz CT molecular complexity index is 364. The number of ether oxygens (including phenoxy) is 1. The summed E-state index contributed by atoms with van der Waals surface area (Å²) in [7, 11) is 1.68. The zero-order valence-electron chi connectivity index (χ0n) is 11.0. The predicted molar refractivity (Wildman–Crippen MR) is 63.5 cm³/mol. The van der Waals surface area contributed by atoms with Crippen LogP contribution in [0.2, 0.25) is 0 Å². The second-order valence-corrected chi connectivity index (χ2v) is 5.62. The number of nitrogens with zero attached hydrogens (tertiary/aromatic N) is 2. The minimum absolute atomic E-state index is 0.0427. The van der Waals surface area contributed by atoms with E-state index in [9.17, 15) is 0 Å². The van der Waals surface area contributed by atoms with Gasteiger partial charge in [0.15, 0.2) is 0 Å². The van der Waals surface area contributed by atoms with Gasteiger partial charge in [-0.1, -0.05) is 25.9 Å². The molecule has 2 unspecified atom stereocenters. The molecule has 2 rings (SSSR count). The number of aromatic nitrogens is 2. The summed E-state index contributed by atoms with van der Waals surface area (Å²) in [5.74, 6) is 1.33. The molecule has 0 aliphatic carbocycles. The van der Waals surface area contributed by atoms with Crippen molar-refractivity contribution in [3.63, 3.8) is 0 Å². The monoisotopic (exact) mass is 239 g/mol. The molecule has 0 amide bonds. The van der Waals surface area contributed by atoms with Gasteiger partial charge in [-0.15, -0.1) is 0 Å². The number of nitrogens with one attached hydrogen (secondary N) is 1. The molecule has 1 aromatic rings. The van der Waals surface area contributed by atoms with Crippen LogP contribution in [-0.2, 0) is 4.74 Å². The topological polar surface area (TPSA) is 60.2 Å². The zero-order valence-corrected chi connectivity index (χ0v) is 11.0. The second-order valence-electron chi connectivity index (χ2n) is 5.62. The minimum atomic E-state index is -0.138. The van der Waals surface area contributed by atoms with E-state index in [1.165, 1.54) is 0 Å². The molecule has 0 spiro atoms. The van der Waals surface area contributed by atoms with E-state index < -0.39 is 0 Å². The highest BCUT2D eigenvalue weighted by molar-refractivity contribution is 5.00. The molecule has 2 atom stereocenters. The molecule has 96 valence electrons. The quantitative estimate of drug-likeness (QED) is 0.876. The highest BCUT2D eigenvalue weighted by Crippen LogP contribution is 2.34. The van der Waals surface area contributed by atoms with Gasteiger partial charge in [-0.3, -0.25) is 0 Å². The van der Waals surface area contributed by atoms with E-state index in [4.69, 9.17) is 9.26 Å². The lowest BCUT2D eigenvalue weighted by atomic mass is 9.88. The Morgan fingerprint density at radius 2 is 2.24 bits per heavy atom. The van der Waals surface area contributed by atoms with Crippen molar-refractivity contribution in [3.8, 4) is 0 Å². The molecule has 0 radical (unpaired) electrons. The van der Waals surface area contributed by atoms with E-state index >= 15 is 0 Å². The maximum Gasteiger partial charge on any atom is 0.243 e. The molecule has 2 heterocycles. The lowest BCUT2D eigenvalue weighted by Crippen LogP contribution is -2.21. The molecular formula is C12H21N3O2. The van der Waals surface area contributed by atoms with Crippen molar-refractivity contribution >= 4 is 0 Å². The minimum Gasteiger partial charge on any atom is -0.373 e. The average molecular weight is 239 g/mol. The zero-order chi connectivity index (χ0) is 12.5. The molecule has 1 fully saturated rings. The van der Waals surface area contributed by atoms with Gasteiger partial charge in [-0.2, -0.15) is 4.98 Å². The van der Waals surface area contributed by atoms with Crippen molar-refractivity contribution in [2.45, 2.75) is 45.8 Å². The summed E-state index contributed by atoms with van der Waals surface area (Å²) in [5, 5.41) is 7.39. The first-order chi connectivity index (χ1) is 8.02. The number of hydrogen-bond donors (Lipinski definition) is 1. The standard InChI is InChI=1S/C12H21N3O2/c1-12(2,3)9(16-4)10-14-11(17-15-10)8-6-5-7-13-8/h8-9,13H,5-7H2,1-4H3. The van der Waals surface area contributed by atoms with Crippen LogP contribution >= 0.6 is 0 Å². The van der Waals surface area contributed by atoms with Gasteiger partial charge in [-0.25, -0.2) is 0 Å². The molecule has 17 heavy (non-hydrogen) atoms. The Morgan fingerprint density at radius 3 is 2.76 bits per heavy atom. The van der Waals surface area contributed by atoms with Gasteiger partial charge in [-0.05, 0) is 24.8 Å². The van der Waals surface area contributed by atoms with Crippen molar-refractivity contribution in [1.29, 1.82) is 0 Å². The van der Waals surface area contributed by atoms with Crippen LogP contribution in [-0.4, -0.2) is 23.8 Å². The van der Waals surface area contributed by atoms with Crippen LogP contribution in [0.25, 0.3) is 0 Å². The predicted octanol–water partition coefficient (Wildman–Crippen LogP) is 2.23. The maximum atomic E-state index is 5.47. The molecule has 1 N–H and O–H groups in total. The summed E-state index contributed by atoms with van der Waals surface area (Å²) < 4.78 is 10.8. The SMILES string of the molecule is COC(c1noc(C2CCCN2)n1)C(C)(C)C. The fourth-order valence-electron chi connectivity index (χ4n) is 2.24. The molecule has 5 heteroatoms. The Labute approximate surface area is 102 Å². The van der Waals surface area contributed by atoms with Crippen LogP contribution in [0.4, 0.5) is 0 Å². The first kappa shape index (κ1) is 12.5. The van der Waals surface area contributed by atoms with Crippen molar-refractivity contribution in [3.05, 3.63) is 11.7 Å². The van der Waals surface area contributed by atoms with Crippen LogP contribution in [0.15, 0.2) is 4.52 Å². The van der Waals surface area contributed by atoms with Crippen molar-refractivity contribution in [2.75, 3.05) is 13.7 Å². The average Bonchev–Trinajstić information content (AvgIpc) is 2.84. The third kappa shape index (κ3) is 2.66. The number of methoxy groups -OCH3 is 1. The number of rotatable bonds is 3. The van der Waals surface area contributed by atoms with Crippen LogP contribution in [0.5, 0.6) is 0 Å². The fraction of sp³-hybridized carbons (Fsp3) is 0.833. The van der Waals surface area contributed by atoms with E-state index in [0.29, 0.717) is 11.7 Å². The molecule has 1 aromatic heterocycles. The van der Waals surface area contributed by atoms with E-state index in [-0.39, 0.29) is 17.6 Å². The molecule has 1 saturated heterocycles. The molecule has 1 aliphatic heterocycles. The van der Waals surface area contributed by atoms with Crippen LogP contribution in [0.1, 0.15) is 57.5 Å². The normalized spacial score (nSPS) is 22.9. The third-order valence-electron chi connectivity index (χ3n) is 3.07. The summed E-state index contributed by atoms with van der Waals surface area (Å²) >= 11 is 0. The summed E-state index contributed by atoms with van der Waals surface area (Å²) in [6, 6.07) is 0.216. The van der Waals surface area contributed by atoms with Gasteiger partial charge >= 0.3 is 0 Å². The molecule has 0 bridgehead atoms. The molecule has 0 aromatic carbocycles. The van der Waals surface area contributed by atoms with E-state index in [1.54, 1.807) is 7.11 Å². The Kier molecular flexibility index (Phi) is 3.49. The number of hydrogen-bond acceptors (Lipinski definition) is 5. The molecule has 0 saturated carbocycles. The first-order valence-electron chi connectivity index (χ1n) is 6.12. The Morgan fingerprint density at radius 1 is 1.47 bits per heavy atom. The highest BCUT2D eigenvalue weighted by Gasteiger charge is 2.32.